The molecule has 6 heteroatoms. The van der Waals surface area contributed by atoms with Gasteiger partial charge in [0.1, 0.15) is 0 Å². The van der Waals surface area contributed by atoms with Crippen LogP contribution in [0.3, 0.4) is 0 Å². The van der Waals surface area contributed by atoms with Crippen LogP contribution in [-0.4, -0.2) is 37.2 Å². The number of ether oxygens (including phenoxy) is 1. The number of hydrogen-bond acceptors (Lipinski definition) is 4. The van der Waals surface area contributed by atoms with Crippen LogP contribution >= 0.6 is 0 Å². The first kappa shape index (κ1) is 15.0. The van der Waals surface area contributed by atoms with E-state index < -0.39 is 11.9 Å². The van der Waals surface area contributed by atoms with Gasteiger partial charge in [0.05, 0.1) is 11.1 Å². The third kappa shape index (κ3) is 4.59. The molecule has 0 heterocycles. The van der Waals surface area contributed by atoms with Crippen molar-refractivity contribution in [3.8, 4) is 0 Å². The van der Waals surface area contributed by atoms with Gasteiger partial charge in [-0.15, -0.1) is 0 Å². The van der Waals surface area contributed by atoms with Gasteiger partial charge in [-0.05, 0) is 31.0 Å². The lowest BCUT2D eigenvalue weighted by molar-refractivity contribution is 0.0696. The summed E-state index contributed by atoms with van der Waals surface area (Å²) in [7, 11) is 1.63. The third-order valence-corrected chi connectivity index (χ3v) is 2.62. The van der Waals surface area contributed by atoms with Crippen molar-refractivity contribution in [3.05, 3.63) is 29.3 Å². The zero-order chi connectivity index (χ0) is 14.3. The van der Waals surface area contributed by atoms with Crippen molar-refractivity contribution in [2.75, 3.05) is 25.6 Å². The summed E-state index contributed by atoms with van der Waals surface area (Å²) < 4.78 is 4.93. The number of amides is 1. The Morgan fingerprint density at radius 1 is 1.37 bits per heavy atom. The Balaban J connectivity index is 2.74. The topological polar surface area (TPSA) is 102 Å². The van der Waals surface area contributed by atoms with Crippen LogP contribution < -0.4 is 11.1 Å². The number of benzene rings is 1. The standard InChI is InChI=1S/C13H18N2O4/c1-19-7-3-2-6-15-11-8-9(13(17)18)4-5-10(11)12(14)16/h4-5,8,15H,2-3,6-7H2,1H3,(H2,14,16)(H,17,18). The van der Waals surface area contributed by atoms with Crippen molar-refractivity contribution < 1.29 is 19.4 Å². The van der Waals surface area contributed by atoms with E-state index in [0.29, 0.717) is 18.8 Å². The van der Waals surface area contributed by atoms with E-state index in [9.17, 15) is 9.59 Å². The summed E-state index contributed by atoms with van der Waals surface area (Å²) >= 11 is 0. The molecule has 1 amide bonds. The van der Waals surface area contributed by atoms with Gasteiger partial charge in [-0.2, -0.15) is 0 Å². The molecule has 6 nitrogen and oxygen atoms in total. The average molecular weight is 266 g/mol. The molecule has 0 aliphatic heterocycles. The number of carbonyl (C=O) groups is 2. The van der Waals surface area contributed by atoms with Gasteiger partial charge in [0, 0.05) is 25.9 Å². The van der Waals surface area contributed by atoms with Crippen LogP contribution in [0.4, 0.5) is 5.69 Å². The molecule has 1 aromatic carbocycles. The van der Waals surface area contributed by atoms with Crippen LogP contribution in [0, 0.1) is 0 Å². The van der Waals surface area contributed by atoms with E-state index in [2.05, 4.69) is 5.32 Å². The summed E-state index contributed by atoms with van der Waals surface area (Å²) in [5.74, 6) is -1.63. The summed E-state index contributed by atoms with van der Waals surface area (Å²) in [6, 6.07) is 4.19. The molecular weight excluding hydrogens is 248 g/mol. The number of carboxylic acid groups (broad SMARTS) is 1. The zero-order valence-electron chi connectivity index (χ0n) is 10.8. The summed E-state index contributed by atoms with van der Waals surface area (Å²) in [5.41, 5.74) is 6.10. The fourth-order valence-corrected chi connectivity index (χ4v) is 1.63. The van der Waals surface area contributed by atoms with Crippen LogP contribution in [0.15, 0.2) is 18.2 Å². The molecule has 0 radical (unpaired) electrons. The number of rotatable bonds is 8. The molecule has 0 atom stereocenters. The highest BCUT2D eigenvalue weighted by Crippen LogP contribution is 2.17. The van der Waals surface area contributed by atoms with Gasteiger partial charge in [-0.1, -0.05) is 0 Å². The fraction of sp³-hybridized carbons (Fsp3) is 0.385. The van der Waals surface area contributed by atoms with Gasteiger partial charge in [0.2, 0.25) is 0 Å². The van der Waals surface area contributed by atoms with E-state index in [1.807, 2.05) is 0 Å². The number of nitrogens with one attached hydrogen (secondary N) is 1. The Kier molecular flexibility index (Phi) is 5.81. The van der Waals surface area contributed by atoms with Crippen molar-refractivity contribution >= 4 is 17.6 Å². The Morgan fingerprint density at radius 3 is 2.68 bits per heavy atom. The summed E-state index contributed by atoms with van der Waals surface area (Å²) in [6.07, 6.45) is 1.73. The number of hydrogen-bond donors (Lipinski definition) is 3. The monoisotopic (exact) mass is 266 g/mol. The molecule has 0 unspecified atom stereocenters. The summed E-state index contributed by atoms with van der Waals surface area (Å²) in [5, 5.41) is 11.9. The van der Waals surface area contributed by atoms with Crippen LogP contribution in [0.5, 0.6) is 0 Å². The van der Waals surface area contributed by atoms with E-state index in [1.54, 1.807) is 7.11 Å². The molecule has 1 rings (SSSR count). The number of methoxy groups -OCH3 is 1. The molecule has 0 spiro atoms. The molecule has 0 aromatic heterocycles. The summed E-state index contributed by atoms with van der Waals surface area (Å²) in [6.45, 7) is 1.28. The predicted molar refractivity (Wildman–Crippen MR) is 71.5 cm³/mol. The highest BCUT2D eigenvalue weighted by atomic mass is 16.5. The Labute approximate surface area is 111 Å². The average Bonchev–Trinajstić information content (AvgIpc) is 2.38. The first-order chi connectivity index (χ1) is 9.06. The Bertz CT molecular complexity index is 460. The zero-order valence-corrected chi connectivity index (χ0v) is 10.8. The van der Waals surface area contributed by atoms with Gasteiger partial charge < -0.3 is 20.9 Å². The maximum atomic E-state index is 11.3. The second-order valence-corrected chi connectivity index (χ2v) is 4.06. The van der Waals surface area contributed by atoms with Crippen molar-refractivity contribution in [1.29, 1.82) is 0 Å². The molecule has 4 N–H and O–H groups in total. The smallest absolute Gasteiger partial charge is 0.335 e. The molecule has 1 aromatic rings. The van der Waals surface area contributed by atoms with Gasteiger partial charge in [-0.3, -0.25) is 4.79 Å². The minimum Gasteiger partial charge on any atom is -0.478 e. The molecule has 0 saturated carbocycles. The number of nitrogens with two attached hydrogens (primary N) is 1. The van der Waals surface area contributed by atoms with E-state index in [1.165, 1.54) is 18.2 Å². The quantitative estimate of drug-likeness (QED) is 0.616. The minimum atomic E-state index is -1.04. The molecule has 19 heavy (non-hydrogen) atoms. The molecule has 0 saturated heterocycles. The molecule has 0 aliphatic carbocycles. The number of aromatic carboxylic acids is 1. The summed E-state index contributed by atoms with van der Waals surface area (Å²) in [4.78, 5) is 22.1. The normalized spacial score (nSPS) is 10.2. The molecule has 104 valence electrons. The van der Waals surface area contributed by atoms with Crippen LogP contribution in [0.25, 0.3) is 0 Å². The second-order valence-electron chi connectivity index (χ2n) is 4.06. The first-order valence-corrected chi connectivity index (χ1v) is 5.96. The second kappa shape index (κ2) is 7.38. The highest BCUT2D eigenvalue weighted by molar-refractivity contribution is 6.00. The molecule has 0 aliphatic rings. The van der Waals surface area contributed by atoms with E-state index >= 15 is 0 Å². The van der Waals surface area contributed by atoms with E-state index in [4.69, 9.17) is 15.6 Å². The molecule has 0 fully saturated rings. The van der Waals surface area contributed by atoms with Gasteiger partial charge in [-0.25, -0.2) is 4.79 Å². The predicted octanol–water partition coefficient (Wildman–Crippen LogP) is 1.32. The van der Waals surface area contributed by atoms with E-state index in [-0.39, 0.29) is 11.1 Å². The fourth-order valence-electron chi connectivity index (χ4n) is 1.63. The van der Waals surface area contributed by atoms with Crippen LogP contribution in [0.1, 0.15) is 33.6 Å². The molecular formula is C13H18N2O4. The maximum absolute atomic E-state index is 11.3. The number of anilines is 1. The minimum absolute atomic E-state index is 0.115. The van der Waals surface area contributed by atoms with Crippen molar-refractivity contribution in [3.63, 3.8) is 0 Å². The maximum Gasteiger partial charge on any atom is 0.335 e. The SMILES string of the molecule is COCCCCNc1cc(C(=O)O)ccc1C(N)=O. The van der Waals surface area contributed by atoms with E-state index in [0.717, 1.165) is 12.8 Å². The highest BCUT2D eigenvalue weighted by Gasteiger charge is 2.11. The Hall–Kier alpha value is -2.08. The largest absolute Gasteiger partial charge is 0.478 e. The number of carboxylic acids is 1. The van der Waals surface area contributed by atoms with Crippen molar-refractivity contribution in [1.82, 2.24) is 0 Å². The van der Waals surface area contributed by atoms with Crippen molar-refractivity contribution in [2.24, 2.45) is 5.73 Å². The Morgan fingerprint density at radius 2 is 2.11 bits per heavy atom. The van der Waals surface area contributed by atoms with Gasteiger partial charge >= 0.3 is 5.97 Å². The van der Waals surface area contributed by atoms with Crippen LogP contribution in [-0.2, 0) is 4.74 Å². The van der Waals surface area contributed by atoms with Gasteiger partial charge in [0.25, 0.3) is 5.91 Å². The first-order valence-electron chi connectivity index (χ1n) is 5.96. The lowest BCUT2D eigenvalue weighted by atomic mass is 10.1. The number of unbranched alkanes of at least 4 members (excludes halogenated alkanes) is 1. The van der Waals surface area contributed by atoms with Crippen LogP contribution in [0.2, 0.25) is 0 Å². The van der Waals surface area contributed by atoms with Crippen molar-refractivity contribution in [2.45, 2.75) is 12.8 Å². The molecule has 0 bridgehead atoms. The third-order valence-electron chi connectivity index (χ3n) is 2.62. The lowest BCUT2D eigenvalue weighted by Gasteiger charge is -2.11. The van der Waals surface area contributed by atoms with Gasteiger partial charge in [0.15, 0.2) is 0 Å². The number of carbonyl (C=O) groups excluding carboxylic acids is 1. The lowest BCUT2D eigenvalue weighted by Crippen LogP contribution is -2.16. The number of primary amides is 1.